The average molecular weight is 462 g/mol. The van der Waals surface area contributed by atoms with E-state index in [-0.39, 0.29) is 9.73 Å². The molecule has 0 amide bonds. The van der Waals surface area contributed by atoms with Crippen molar-refractivity contribution >= 4 is 22.2 Å². The molecule has 2 aliphatic rings. The van der Waals surface area contributed by atoms with Gasteiger partial charge in [0.15, 0.2) is 0 Å². The molecule has 0 spiro atoms. The van der Waals surface area contributed by atoms with Gasteiger partial charge in [0.2, 0.25) is 15.9 Å². The van der Waals surface area contributed by atoms with E-state index < -0.39 is 10.0 Å². The van der Waals surface area contributed by atoms with Gasteiger partial charge in [-0.3, -0.25) is 9.80 Å². The van der Waals surface area contributed by atoms with Gasteiger partial charge in [-0.15, -0.1) is 11.5 Å². The summed E-state index contributed by atoms with van der Waals surface area (Å²) in [6.45, 7) is 5.87. The van der Waals surface area contributed by atoms with Gasteiger partial charge in [0, 0.05) is 44.8 Å². The van der Waals surface area contributed by atoms with Gasteiger partial charge in [-0.25, -0.2) is 13.1 Å². The lowest BCUT2D eigenvalue weighted by Gasteiger charge is -2.33. The van der Waals surface area contributed by atoms with Gasteiger partial charge < -0.3 is 4.42 Å². The van der Waals surface area contributed by atoms with Crippen molar-refractivity contribution in [2.75, 3.05) is 45.8 Å². The van der Waals surface area contributed by atoms with Crippen molar-refractivity contribution < 1.29 is 12.8 Å². The molecule has 0 atom stereocenters. The minimum Gasteiger partial charge on any atom is -0.409 e. The molecule has 8 nitrogen and oxygen atoms in total. The lowest BCUT2D eigenvalue weighted by Crippen LogP contribution is -2.46. The average Bonchev–Trinajstić information content (AvgIpc) is 3.16. The molecule has 1 aromatic heterocycles. The number of hydrogen-bond acceptors (Lipinski definition) is 7. The molecule has 0 N–H and O–H groups in total. The zero-order valence-electron chi connectivity index (χ0n) is 17.4. The molecule has 0 unspecified atom stereocenters. The third kappa shape index (κ3) is 5.07. The number of piperazine rings is 1. The van der Waals surface area contributed by atoms with E-state index in [1.165, 1.54) is 0 Å². The van der Waals surface area contributed by atoms with Crippen LogP contribution in [0.3, 0.4) is 0 Å². The fourth-order valence-corrected chi connectivity index (χ4v) is 5.70. The van der Waals surface area contributed by atoms with Crippen molar-refractivity contribution in [2.45, 2.75) is 30.8 Å². The van der Waals surface area contributed by atoms with Gasteiger partial charge in [-0.2, -0.15) is 4.31 Å². The summed E-state index contributed by atoms with van der Waals surface area (Å²) < 4.78 is 34.9. The zero-order chi connectivity index (χ0) is 21.8. The second-order valence-electron chi connectivity index (χ2n) is 7.90. The second kappa shape index (κ2) is 9.63. The van der Waals surface area contributed by atoms with Crippen molar-refractivity contribution in [2.24, 2.45) is 0 Å². The van der Waals surface area contributed by atoms with Crippen LogP contribution in [0.2, 0.25) is 0 Å². The fourth-order valence-electron chi connectivity index (χ4n) is 3.96. The monoisotopic (exact) mass is 461 g/mol. The van der Waals surface area contributed by atoms with E-state index in [1.807, 2.05) is 0 Å². The smallest absolute Gasteiger partial charge is 0.288 e. The van der Waals surface area contributed by atoms with E-state index in [4.69, 9.17) is 23.1 Å². The Labute approximate surface area is 188 Å². The van der Waals surface area contributed by atoms with Crippen LogP contribution < -0.4 is 0 Å². The number of aromatic nitrogens is 2. The second-order valence-corrected chi connectivity index (χ2v) is 10.2. The Hall–Kier alpha value is -2.03. The van der Waals surface area contributed by atoms with E-state index in [0.717, 1.165) is 45.4 Å². The highest BCUT2D eigenvalue weighted by atomic mass is 32.2. The van der Waals surface area contributed by atoms with Gasteiger partial charge in [0.1, 0.15) is 0 Å². The number of sulfonamides is 1. The number of benzene rings is 1. The molecule has 2 aromatic rings. The third-order valence-corrected chi connectivity index (χ3v) is 7.94. The molecule has 0 radical (unpaired) electrons. The van der Waals surface area contributed by atoms with Crippen LogP contribution in [0.1, 0.15) is 19.3 Å². The number of terminal acetylenes is 1. The molecule has 166 valence electrons. The van der Waals surface area contributed by atoms with Gasteiger partial charge >= 0.3 is 0 Å². The topological polar surface area (TPSA) is 74.8 Å². The Balaban J connectivity index is 1.49. The standard InChI is InChI=1S/C21H27N5O3S2/c1-2-9-23-12-14-24(15-13-23)17-26-21(30)29-20(22-26)18-7-6-8-19(16-18)31(27,28)25-10-4-3-5-11-25/h1,6-8,16H,3-5,9-15,17H2. The summed E-state index contributed by atoms with van der Waals surface area (Å²) in [5, 5.41) is 4.51. The minimum atomic E-state index is -3.52. The molecular weight excluding hydrogens is 434 g/mol. The maximum Gasteiger partial charge on any atom is 0.288 e. The van der Waals surface area contributed by atoms with Gasteiger partial charge in [0.25, 0.3) is 4.84 Å². The van der Waals surface area contributed by atoms with Crippen molar-refractivity contribution in [3.63, 3.8) is 0 Å². The van der Waals surface area contributed by atoms with E-state index in [9.17, 15) is 8.42 Å². The molecular formula is C21H27N5O3S2. The van der Waals surface area contributed by atoms with E-state index in [0.29, 0.717) is 37.8 Å². The summed E-state index contributed by atoms with van der Waals surface area (Å²) in [5.74, 6) is 3.01. The SMILES string of the molecule is C#CCN1CCN(Cn2nc(-c3cccc(S(=O)(=O)N4CCCCC4)c3)oc2=S)CC1. The molecule has 2 saturated heterocycles. The Bertz CT molecular complexity index is 1100. The Morgan fingerprint density at radius 1 is 1.06 bits per heavy atom. The lowest BCUT2D eigenvalue weighted by molar-refractivity contribution is 0.110. The normalized spacial score (nSPS) is 19.3. The van der Waals surface area contributed by atoms with E-state index in [1.54, 1.807) is 33.3 Å². The van der Waals surface area contributed by atoms with Crippen molar-refractivity contribution in [3.8, 4) is 23.8 Å². The van der Waals surface area contributed by atoms with Crippen LogP contribution in [0.5, 0.6) is 0 Å². The summed E-state index contributed by atoms with van der Waals surface area (Å²) >= 11 is 5.36. The highest BCUT2D eigenvalue weighted by molar-refractivity contribution is 7.89. The summed E-state index contributed by atoms with van der Waals surface area (Å²) in [5.41, 5.74) is 0.599. The first kappa shape index (κ1) is 22.2. The Morgan fingerprint density at radius 2 is 1.77 bits per heavy atom. The fraction of sp³-hybridized carbons (Fsp3) is 0.524. The molecule has 1 aromatic carbocycles. The maximum absolute atomic E-state index is 13.0. The van der Waals surface area contributed by atoms with Gasteiger partial charge in [-0.1, -0.05) is 18.4 Å². The van der Waals surface area contributed by atoms with Crippen LogP contribution in [-0.4, -0.2) is 78.1 Å². The Kier molecular flexibility index (Phi) is 6.89. The molecule has 0 aliphatic carbocycles. The summed E-state index contributed by atoms with van der Waals surface area (Å²) in [4.78, 5) is 5.00. The molecule has 0 saturated carbocycles. The molecule has 4 rings (SSSR count). The highest BCUT2D eigenvalue weighted by Crippen LogP contribution is 2.25. The summed E-state index contributed by atoms with van der Waals surface area (Å²) in [6, 6.07) is 6.75. The number of nitrogens with zero attached hydrogens (tertiary/aromatic N) is 5. The summed E-state index contributed by atoms with van der Waals surface area (Å²) in [6.07, 6.45) is 8.26. The van der Waals surface area contributed by atoms with Gasteiger partial charge in [0.05, 0.1) is 18.1 Å². The molecule has 10 heteroatoms. The number of hydrogen-bond donors (Lipinski definition) is 0. The first-order valence-electron chi connectivity index (χ1n) is 10.5. The van der Waals surface area contributed by atoms with Crippen LogP contribution in [0.4, 0.5) is 0 Å². The first-order valence-corrected chi connectivity index (χ1v) is 12.4. The lowest BCUT2D eigenvalue weighted by atomic mass is 10.2. The molecule has 31 heavy (non-hydrogen) atoms. The Morgan fingerprint density at radius 3 is 2.48 bits per heavy atom. The predicted molar refractivity (Wildman–Crippen MR) is 120 cm³/mol. The third-order valence-electron chi connectivity index (χ3n) is 5.75. The number of piperidine rings is 1. The number of rotatable bonds is 6. The predicted octanol–water partition coefficient (Wildman–Crippen LogP) is 2.26. The summed E-state index contributed by atoms with van der Waals surface area (Å²) in [7, 11) is -3.52. The van der Waals surface area contributed by atoms with Crippen molar-refractivity contribution in [3.05, 3.63) is 29.1 Å². The van der Waals surface area contributed by atoms with Crippen molar-refractivity contribution in [1.82, 2.24) is 23.9 Å². The highest BCUT2D eigenvalue weighted by Gasteiger charge is 2.26. The van der Waals surface area contributed by atoms with Crippen LogP contribution in [-0.2, 0) is 16.7 Å². The van der Waals surface area contributed by atoms with E-state index >= 15 is 0 Å². The minimum absolute atomic E-state index is 0.257. The molecule has 3 heterocycles. The maximum atomic E-state index is 13.0. The van der Waals surface area contributed by atoms with Crippen LogP contribution in [0.25, 0.3) is 11.5 Å². The van der Waals surface area contributed by atoms with E-state index in [2.05, 4.69) is 20.8 Å². The van der Waals surface area contributed by atoms with Crippen LogP contribution in [0.15, 0.2) is 33.6 Å². The molecule has 2 aliphatic heterocycles. The molecule has 0 bridgehead atoms. The largest absolute Gasteiger partial charge is 0.409 e. The molecule has 2 fully saturated rings. The first-order chi connectivity index (χ1) is 15.0. The van der Waals surface area contributed by atoms with Gasteiger partial charge in [-0.05, 0) is 43.3 Å². The van der Waals surface area contributed by atoms with Crippen LogP contribution in [0, 0.1) is 17.2 Å². The zero-order valence-corrected chi connectivity index (χ0v) is 19.1. The van der Waals surface area contributed by atoms with Crippen LogP contribution >= 0.6 is 12.2 Å². The van der Waals surface area contributed by atoms with Crippen molar-refractivity contribution in [1.29, 1.82) is 0 Å². The quantitative estimate of drug-likeness (QED) is 0.482.